The summed E-state index contributed by atoms with van der Waals surface area (Å²) in [5.74, 6) is 0.871. The first-order valence-electron chi connectivity index (χ1n) is 13.9. The lowest BCUT2D eigenvalue weighted by molar-refractivity contribution is 0.0941. The highest BCUT2D eigenvalue weighted by atomic mass is 19.1. The van der Waals surface area contributed by atoms with Crippen LogP contribution in [0.1, 0.15) is 72.0 Å². The lowest BCUT2D eigenvalue weighted by Crippen LogP contribution is -2.33. The second kappa shape index (κ2) is 10.6. The van der Waals surface area contributed by atoms with E-state index >= 15 is 0 Å². The summed E-state index contributed by atoms with van der Waals surface area (Å²) in [4.78, 5) is 21.0. The van der Waals surface area contributed by atoms with Crippen LogP contribution >= 0.6 is 0 Å². The molecular weight excluding hydrogens is 487 g/mol. The minimum Gasteiger partial charge on any atom is -0.351 e. The lowest BCUT2D eigenvalue weighted by atomic mass is 9.91. The average molecular weight is 521 g/mol. The van der Waals surface area contributed by atoms with E-state index in [1.165, 1.54) is 35.7 Å². The summed E-state index contributed by atoms with van der Waals surface area (Å²) in [7, 11) is 0. The molecule has 3 aliphatic rings. The third kappa shape index (κ3) is 5.42. The number of amides is 1. The van der Waals surface area contributed by atoms with Crippen molar-refractivity contribution < 1.29 is 9.18 Å². The number of benzene rings is 2. The first kappa shape index (κ1) is 25.2. The van der Waals surface area contributed by atoms with Crippen molar-refractivity contribution in [3.05, 3.63) is 101 Å². The van der Waals surface area contributed by atoms with Crippen LogP contribution in [0, 0.1) is 18.7 Å². The number of fused-ring (bicyclic) bond motifs is 1. The van der Waals surface area contributed by atoms with Crippen LogP contribution in [0.2, 0.25) is 0 Å². The van der Waals surface area contributed by atoms with Crippen LogP contribution in [-0.2, 0) is 0 Å². The number of hydrogen-bond acceptors (Lipinski definition) is 4. The fraction of sp³-hybridized carbons (Fsp3) is 0.303. The maximum atomic E-state index is 14.8. The lowest BCUT2D eigenvalue weighted by Gasteiger charge is -2.23. The minimum atomic E-state index is -0.531. The normalized spacial score (nSPS) is 22.6. The topological polar surface area (TPSA) is 66.9 Å². The fourth-order valence-corrected chi connectivity index (χ4v) is 5.45. The number of nitrogens with zero attached hydrogens (tertiary/aromatic N) is 2. The Morgan fingerprint density at radius 1 is 1.03 bits per heavy atom. The number of aryl methyl sites for hydroxylation is 1. The molecule has 198 valence electrons. The van der Waals surface area contributed by atoms with E-state index in [9.17, 15) is 9.18 Å². The van der Waals surface area contributed by atoms with Crippen molar-refractivity contribution in [2.75, 3.05) is 11.9 Å². The van der Waals surface area contributed by atoms with Crippen molar-refractivity contribution in [3.63, 3.8) is 0 Å². The van der Waals surface area contributed by atoms with Crippen LogP contribution < -0.4 is 10.6 Å². The first-order valence-corrected chi connectivity index (χ1v) is 13.9. The number of carbonyl (C=O) groups excluding carboxylic acids is 1. The summed E-state index contributed by atoms with van der Waals surface area (Å²) < 4.78 is 14.8. The molecule has 5 nitrogen and oxygen atoms in total. The zero-order valence-corrected chi connectivity index (χ0v) is 22.4. The summed E-state index contributed by atoms with van der Waals surface area (Å²) in [6, 6.07) is 11.7. The van der Waals surface area contributed by atoms with E-state index in [1.54, 1.807) is 12.1 Å². The molecular formula is C33H33FN4O. The van der Waals surface area contributed by atoms with Gasteiger partial charge in [0.2, 0.25) is 0 Å². The highest BCUT2D eigenvalue weighted by Crippen LogP contribution is 2.38. The molecule has 0 radical (unpaired) electrons. The van der Waals surface area contributed by atoms with E-state index in [1.807, 2.05) is 12.1 Å². The Balaban J connectivity index is 1.26. The zero-order valence-electron chi connectivity index (χ0n) is 22.4. The van der Waals surface area contributed by atoms with E-state index in [2.05, 4.69) is 70.9 Å². The zero-order chi connectivity index (χ0) is 26.9. The fourth-order valence-electron chi connectivity index (χ4n) is 5.45. The molecule has 2 heterocycles. The second-order valence-electron chi connectivity index (χ2n) is 10.9. The third-order valence-electron chi connectivity index (χ3n) is 7.86. The Morgan fingerprint density at radius 2 is 1.85 bits per heavy atom. The quantitative estimate of drug-likeness (QED) is 0.363. The van der Waals surface area contributed by atoms with Crippen molar-refractivity contribution in [1.82, 2.24) is 15.3 Å². The average Bonchev–Trinajstić information content (AvgIpc) is 3.77. The Bertz CT molecular complexity index is 1530. The maximum Gasteiger partial charge on any atom is 0.251 e. The number of nitrogens with one attached hydrogen (secondary N) is 2. The Morgan fingerprint density at radius 3 is 2.67 bits per heavy atom. The number of allylic oxidation sites excluding steroid dienone is 6. The molecule has 2 aliphatic carbocycles. The monoisotopic (exact) mass is 520 g/mol. The highest BCUT2D eigenvalue weighted by Gasteiger charge is 2.24. The van der Waals surface area contributed by atoms with E-state index in [0.29, 0.717) is 23.6 Å². The predicted molar refractivity (Wildman–Crippen MR) is 154 cm³/mol. The molecule has 1 unspecified atom stereocenters. The van der Waals surface area contributed by atoms with Crippen LogP contribution in [0.15, 0.2) is 72.5 Å². The summed E-state index contributed by atoms with van der Waals surface area (Å²) in [6.45, 7) is 4.75. The van der Waals surface area contributed by atoms with Gasteiger partial charge >= 0.3 is 0 Å². The molecule has 2 aromatic carbocycles. The molecule has 1 aliphatic heterocycles. The standard InChI is InChI=1S/C33H33FN4O/c1-20-16-25(12-14-27(20)24-7-5-3-4-6-22(10-11-24)23-8-9-23)31-35-19-30(34)32(38-31)37-26-13-15-28-29(17-26)21(2)18-36-33(28)39/h6-7,10-17,19,21,23H,3-5,8-9,18H2,1-2H3,(H,36,39)(H,35,37,38)/b11-10-,22-6-,24-7+. The Kier molecular flexibility index (Phi) is 6.86. The van der Waals surface area contributed by atoms with Gasteiger partial charge in [-0.1, -0.05) is 43.4 Å². The molecule has 3 aromatic rings. The smallest absolute Gasteiger partial charge is 0.251 e. The molecule has 0 spiro atoms. The molecule has 1 amide bonds. The van der Waals surface area contributed by atoms with Crippen molar-refractivity contribution in [1.29, 1.82) is 0 Å². The molecule has 1 atom stereocenters. The van der Waals surface area contributed by atoms with Crippen molar-refractivity contribution in [2.24, 2.45) is 5.92 Å². The van der Waals surface area contributed by atoms with Crippen molar-refractivity contribution >= 4 is 23.0 Å². The molecule has 0 bridgehead atoms. The van der Waals surface area contributed by atoms with Gasteiger partial charge in [0.15, 0.2) is 17.5 Å². The van der Waals surface area contributed by atoms with Gasteiger partial charge in [-0.15, -0.1) is 0 Å². The molecule has 2 N–H and O–H groups in total. The van der Waals surface area contributed by atoms with E-state index in [0.717, 1.165) is 41.9 Å². The minimum absolute atomic E-state index is 0.0787. The van der Waals surface area contributed by atoms with Crippen LogP contribution in [0.5, 0.6) is 0 Å². The molecule has 1 fully saturated rings. The summed E-state index contributed by atoms with van der Waals surface area (Å²) in [5.41, 5.74) is 8.16. The largest absolute Gasteiger partial charge is 0.351 e. The molecule has 6 rings (SSSR count). The van der Waals surface area contributed by atoms with Gasteiger partial charge in [0.1, 0.15) is 0 Å². The van der Waals surface area contributed by atoms with Crippen LogP contribution in [0.25, 0.3) is 17.0 Å². The molecule has 1 saturated carbocycles. The van der Waals surface area contributed by atoms with Crippen LogP contribution in [0.3, 0.4) is 0 Å². The number of aromatic nitrogens is 2. The van der Waals surface area contributed by atoms with Gasteiger partial charge in [0.25, 0.3) is 5.91 Å². The first-order chi connectivity index (χ1) is 19.0. The van der Waals surface area contributed by atoms with Gasteiger partial charge in [-0.05, 0) is 103 Å². The summed E-state index contributed by atoms with van der Waals surface area (Å²) >= 11 is 0. The Labute approximate surface area is 229 Å². The number of carbonyl (C=O) groups is 1. The molecule has 6 heteroatoms. The third-order valence-corrected chi connectivity index (χ3v) is 7.86. The predicted octanol–water partition coefficient (Wildman–Crippen LogP) is 7.64. The molecule has 1 aromatic heterocycles. The number of rotatable bonds is 5. The number of hydrogen-bond donors (Lipinski definition) is 2. The summed E-state index contributed by atoms with van der Waals surface area (Å²) in [6.07, 6.45) is 16.5. The van der Waals surface area contributed by atoms with Crippen LogP contribution in [0.4, 0.5) is 15.9 Å². The van der Waals surface area contributed by atoms with Crippen molar-refractivity contribution in [3.8, 4) is 11.4 Å². The second-order valence-corrected chi connectivity index (χ2v) is 10.9. The van der Waals surface area contributed by atoms with E-state index < -0.39 is 5.82 Å². The van der Waals surface area contributed by atoms with Gasteiger partial charge in [-0.3, -0.25) is 4.79 Å². The van der Waals surface area contributed by atoms with Gasteiger partial charge < -0.3 is 10.6 Å². The van der Waals surface area contributed by atoms with Crippen LogP contribution in [-0.4, -0.2) is 22.4 Å². The molecule has 39 heavy (non-hydrogen) atoms. The van der Waals surface area contributed by atoms with Gasteiger partial charge in [-0.25, -0.2) is 14.4 Å². The van der Waals surface area contributed by atoms with Crippen molar-refractivity contribution in [2.45, 2.75) is 51.9 Å². The van der Waals surface area contributed by atoms with Gasteiger partial charge in [-0.2, -0.15) is 0 Å². The number of halogens is 1. The molecule has 0 saturated heterocycles. The van der Waals surface area contributed by atoms with Gasteiger partial charge in [0, 0.05) is 23.4 Å². The SMILES string of the molecule is Cc1cc(-c2ncc(F)c(Nc3ccc4c(c3)C(C)CNC4=O)n2)ccc1C1=C/CCC/C=C(C2CC2)/C=C\1. The summed E-state index contributed by atoms with van der Waals surface area (Å²) in [5, 5.41) is 5.99. The van der Waals surface area contributed by atoms with E-state index in [4.69, 9.17) is 0 Å². The number of anilines is 2. The highest BCUT2D eigenvalue weighted by molar-refractivity contribution is 5.97. The Hall–Kier alpha value is -4.06. The maximum absolute atomic E-state index is 14.8. The van der Waals surface area contributed by atoms with E-state index in [-0.39, 0.29) is 17.6 Å². The van der Waals surface area contributed by atoms with Gasteiger partial charge in [0.05, 0.1) is 6.20 Å².